The van der Waals surface area contributed by atoms with Gasteiger partial charge in [0, 0.05) is 29.9 Å². The molecular formula is C22H32N5O4+. The van der Waals surface area contributed by atoms with Crippen LogP contribution in [-0.4, -0.2) is 57.9 Å². The first-order valence-corrected chi connectivity index (χ1v) is 10.6. The molecule has 1 aromatic rings. The average molecular weight is 431 g/mol. The Morgan fingerprint density at radius 1 is 1.26 bits per heavy atom. The number of carboxylic acids is 1. The third-order valence-corrected chi connectivity index (χ3v) is 6.77. The fraction of sp³-hybridized carbons (Fsp3) is 0.545. The van der Waals surface area contributed by atoms with Crippen LogP contribution in [0.25, 0.3) is 0 Å². The maximum atomic E-state index is 14.0. The second-order valence-corrected chi connectivity index (χ2v) is 9.23. The first-order chi connectivity index (χ1) is 14.5. The lowest BCUT2D eigenvalue weighted by Crippen LogP contribution is -2.67. The molecule has 1 aliphatic carbocycles. The van der Waals surface area contributed by atoms with Crippen molar-refractivity contribution < 1.29 is 24.0 Å². The third kappa shape index (κ3) is 4.07. The number of primary amides is 1. The van der Waals surface area contributed by atoms with E-state index >= 15 is 0 Å². The number of rotatable bonds is 10. The molecule has 7 N–H and O–H groups in total. The fourth-order valence-corrected chi connectivity index (χ4v) is 5.23. The quantitative estimate of drug-likeness (QED) is 0.207. The molecule has 0 radical (unpaired) electrons. The van der Waals surface area contributed by atoms with E-state index in [1.807, 2.05) is 26.0 Å². The standard InChI is InChI=1S/C22H31N5O4/c1-13(2)9-17(26-11-18(28)29)20(30)27(8-7-16-10-22(16,27)21(25)31)12-14-3-5-15(6-4-14)19(23)24/h3-6,13,16-17,26H,7-12H2,1-2H3,(H5-,23,24,25,28,29,31)/p+1/t16-,17-,22+,27?/m1/s1. The molecule has 3 rings (SSSR count). The van der Waals surface area contributed by atoms with Gasteiger partial charge in [0.05, 0.1) is 13.1 Å². The zero-order chi connectivity index (χ0) is 23.0. The summed E-state index contributed by atoms with van der Waals surface area (Å²) in [5.41, 5.74) is 11.9. The monoisotopic (exact) mass is 430 g/mol. The number of nitrogens with two attached hydrogens (primary N) is 2. The van der Waals surface area contributed by atoms with Gasteiger partial charge in [0.2, 0.25) is 0 Å². The van der Waals surface area contributed by atoms with E-state index in [0.717, 1.165) is 12.0 Å². The molecule has 0 spiro atoms. The van der Waals surface area contributed by atoms with Crippen LogP contribution in [0.4, 0.5) is 0 Å². The Bertz CT molecular complexity index is 900. The normalized spacial score (nSPS) is 27.5. The van der Waals surface area contributed by atoms with E-state index in [1.54, 1.807) is 12.1 Å². The molecule has 31 heavy (non-hydrogen) atoms. The van der Waals surface area contributed by atoms with Crippen LogP contribution in [0.3, 0.4) is 0 Å². The molecule has 0 bridgehead atoms. The molecule has 9 heteroatoms. The fourth-order valence-electron chi connectivity index (χ4n) is 5.23. The minimum absolute atomic E-state index is 0.0431. The average Bonchev–Trinajstić information content (AvgIpc) is 3.36. The van der Waals surface area contributed by atoms with Gasteiger partial charge in [-0.1, -0.05) is 38.1 Å². The van der Waals surface area contributed by atoms with Crippen LogP contribution in [0.1, 0.15) is 44.2 Å². The number of carboxylic acid groups (broad SMARTS) is 1. The number of likely N-dealkylation sites (tertiary alicyclic amines) is 1. The van der Waals surface area contributed by atoms with E-state index in [9.17, 15) is 14.4 Å². The van der Waals surface area contributed by atoms with Crippen molar-refractivity contribution in [3.8, 4) is 0 Å². The number of nitrogens with zero attached hydrogens (tertiary/aromatic N) is 1. The van der Waals surface area contributed by atoms with E-state index in [4.69, 9.17) is 22.0 Å². The van der Waals surface area contributed by atoms with Crippen molar-refractivity contribution in [3.63, 3.8) is 0 Å². The molecule has 1 aliphatic heterocycles. The molecule has 2 fully saturated rings. The van der Waals surface area contributed by atoms with Crippen LogP contribution >= 0.6 is 0 Å². The summed E-state index contributed by atoms with van der Waals surface area (Å²) in [6, 6.07) is 6.39. The van der Waals surface area contributed by atoms with Crippen LogP contribution in [0.2, 0.25) is 0 Å². The SMILES string of the molecule is CC(C)C[C@@H](NCC(=O)O)C(=O)[N+]1(Cc2ccc(C(=N)N)cc2)CC[C@@H]2C[C@@]21C(N)=O. The molecule has 1 saturated carbocycles. The summed E-state index contributed by atoms with van der Waals surface area (Å²) in [6.45, 7) is 4.40. The topological polar surface area (TPSA) is 159 Å². The van der Waals surface area contributed by atoms with Crippen LogP contribution in [-0.2, 0) is 20.9 Å². The Morgan fingerprint density at radius 2 is 1.90 bits per heavy atom. The number of quaternary nitrogens is 1. The Balaban J connectivity index is 1.99. The number of piperidine rings is 1. The van der Waals surface area contributed by atoms with Crippen molar-refractivity contribution >= 4 is 23.6 Å². The highest BCUT2D eigenvalue weighted by atomic mass is 16.4. The number of amidine groups is 1. The third-order valence-electron chi connectivity index (χ3n) is 6.77. The van der Waals surface area contributed by atoms with Crippen molar-refractivity contribution in [3.05, 3.63) is 35.4 Å². The number of fused-ring (bicyclic) bond motifs is 1. The highest BCUT2D eigenvalue weighted by Gasteiger charge is 2.79. The van der Waals surface area contributed by atoms with Crippen LogP contribution in [0.5, 0.6) is 0 Å². The zero-order valence-electron chi connectivity index (χ0n) is 18.1. The molecule has 1 heterocycles. The lowest BCUT2D eigenvalue weighted by Gasteiger charge is -2.41. The van der Waals surface area contributed by atoms with Gasteiger partial charge in [0.25, 0.3) is 5.91 Å². The molecule has 168 valence electrons. The molecular weight excluding hydrogens is 398 g/mol. The Kier molecular flexibility index (Phi) is 6.20. The van der Waals surface area contributed by atoms with Crippen LogP contribution in [0, 0.1) is 17.2 Å². The predicted molar refractivity (Wildman–Crippen MR) is 115 cm³/mol. The highest BCUT2D eigenvalue weighted by molar-refractivity contribution is 5.95. The van der Waals surface area contributed by atoms with E-state index in [-0.39, 0.29) is 34.6 Å². The lowest BCUT2D eigenvalue weighted by molar-refractivity contribution is -0.885. The summed E-state index contributed by atoms with van der Waals surface area (Å²) >= 11 is 0. The first kappa shape index (κ1) is 22.9. The maximum Gasteiger partial charge on any atom is 0.331 e. The largest absolute Gasteiger partial charge is 0.480 e. The number of hydrogen-bond acceptors (Lipinski definition) is 5. The van der Waals surface area contributed by atoms with Crippen LogP contribution < -0.4 is 16.8 Å². The molecule has 2 aliphatic rings. The van der Waals surface area contributed by atoms with Gasteiger partial charge in [-0.2, -0.15) is 0 Å². The van der Waals surface area contributed by atoms with Gasteiger partial charge >= 0.3 is 11.9 Å². The van der Waals surface area contributed by atoms with Crippen molar-refractivity contribution in [2.75, 3.05) is 13.1 Å². The van der Waals surface area contributed by atoms with Crippen molar-refractivity contribution in [2.45, 2.75) is 51.2 Å². The van der Waals surface area contributed by atoms with Gasteiger partial charge in [-0.05, 0) is 12.3 Å². The number of benzene rings is 1. The van der Waals surface area contributed by atoms with Gasteiger partial charge in [0.1, 0.15) is 18.4 Å². The van der Waals surface area contributed by atoms with Gasteiger partial charge in [-0.25, -0.2) is 9.28 Å². The molecule has 2 amide bonds. The molecule has 9 nitrogen and oxygen atoms in total. The van der Waals surface area contributed by atoms with Crippen molar-refractivity contribution in [1.82, 2.24) is 5.32 Å². The van der Waals surface area contributed by atoms with Gasteiger partial charge in [-0.3, -0.25) is 20.3 Å². The Labute approximate surface area is 181 Å². The van der Waals surface area contributed by atoms with Gasteiger partial charge in [-0.15, -0.1) is 0 Å². The highest BCUT2D eigenvalue weighted by Crippen LogP contribution is 2.61. The Morgan fingerprint density at radius 3 is 2.39 bits per heavy atom. The minimum Gasteiger partial charge on any atom is -0.480 e. The summed E-state index contributed by atoms with van der Waals surface area (Å²) in [5.74, 6) is -1.49. The predicted octanol–water partition coefficient (Wildman–Crippen LogP) is 0.551. The lowest BCUT2D eigenvalue weighted by atomic mass is 9.98. The summed E-state index contributed by atoms with van der Waals surface area (Å²) in [6.07, 6.45) is 1.77. The molecule has 4 atom stereocenters. The number of carbonyl (C=O) groups excluding carboxylic acids is 2. The smallest absolute Gasteiger partial charge is 0.331 e. The number of aliphatic carboxylic acids is 1. The Hall–Kier alpha value is -2.78. The van der Waals surface area contributed by atoms with E-state index in [0.29, 0.717) is 31.5 Å². The van der Waals surface area contributed by atoms with E-state index < -0.39 is 23.5 Å². The second-order valence-electron chi connectivity index (χ2n) is 9.23. The number of nitrogens with one attached hydrogen (secondary N) is 2. The minimum atomic E-state index is -1.04. The molecule has 1 saturated heterocycles. The van der Waals surface area contributed by atoms with E-state index in [2.05, 4.69) is 5.32 Å². The number of nitrogen functional groups attached to an aromatic ring is 1. The summed E-state index contributed by atoms with van der Waals surface area (Å²) in [4.78, 5) is 37.8. The summed E-state index contributed by atoms with van der Waals surface area (Å²) < 4.78 is -0.0869. The second kappa shape index (κ2) is 8.39. The van der Waals surface area contributed by atoms with Gasteiger partial charge in [0.15, 0.2) is 5.54 Å². The van der Waals surface area contributed by atoms with Crippen molar-refractivity contribution in [1.29, 1.82) is 5.41 Å². The van der Waals surface area contributed by atoms with Crippen LogP contribution in [0.15, 0.2) is 24.3 Å². The first-order valence-electron chi connectivity index (χ1n) is 10.6. The number of amides is 2. The molecule has 1 unspecified atom stereocenters. The molecule has 1 aromatic carbocycles. The van der Waals surface area contributed by atoms with E-state index in [1.165, 1.54) is 0 Å². The summed E-state index contributed by atoms with van der Waals surface area (Å²) in [7, 11) is 0. The zero-order valence-corrected chi connectivity index (χ0v) is 18.1. The van der Waals surface area contributed by atoms with Crippen molar-refractivity contribution in [2.24, 2.45) is 23.3 Å². The molecule has 0 aromatic heterocycles. The summed E-state index contributed by atoms with van der Waals surface area (Å²) in [5, 5.41) is 19.6. The maximum absolute atomic E-state index is 14.0. The number of hydrogen-bond donors (Lipinski definition) is 5. The number of carbonyl (C=O) groups is 3. The van der Waals surface area contributed by atoms with Gasteiger partial charge < -0.3 is 16.6 Å².